The Bertz CT molecular complexity index is 489. The number of halogens is 2. The molecule has 4 heteroatoms. The molecular formula is C12H10BrFOS. The number of hydrogen-bond donors (Lipinski definition) is 1. The summed E-state index contributed by atoms with van der Waals surface area (Å²) < 4.78 is 14.1. The summed E-state index contributed by atoms with van der Waals surface area (Å²) in [4.78, 5) is 0. The molecule has 1 atom stereocenters. The highest BCUT2D eigenvalue weighted by atomic mass is 79.9. The summed E-state index contributed by atoms with van der Waals surface area (Å²) in [5.41, 5.74) is 2.16. The van der Waals surface area contributed by atoms with E-state index in [1.54, 1.807) is 6.07 Å². The summed E-state index contributed by atoms with van der Waals surface area (Å²) in [5.74, 6) is -0.319. The van der Waals surface area contributed by atoms with Crippen LogP contribution in [0.3, 0.4) is 0 Å². The second-order valence-corrected chi connectivity index (χ2v) is 5.24. The molecule has 0 amide bonds. The number of thiophene rings is 1. The van der Waals surface area contributed by atoms with Crippen LogP contribution in [-0.4, -0.2) is 5.11 Å². The van der Waals surface area contributed by atoms with Crippen LogP contribution in [0.15, 0.2) is 33.4 Å². The molecule has 2 aromatic rings. The van der Waals surface area contributed by atoms with Gasteiger partial charge >= 0.3 is 0 Å². The zero-order valence-electron chi connectivity index (χ0n) is 8.58. The maximum atomic E-state index is 13.2. The molecule has 0 aliphatic rings. The lowest BCUT2D eigenvalue weighted by atomic mass is 10.0. The maximum absolute atomic E-state index is 13.2. The van der Waals surface area contributed by atoms with E-state index in [2.05, 4.69) is 15.9 Å². The molecule has 0 radical (unpaired) electrons. The highest BCUT2D eigenvalue weighted by molar-refractivity contribution is 9.10. The first-order valence-corrected chi connectivity index (χ1v) is 6.48. The Morgan fingerprint density at radius 3 is 2.62 bits per heavy atom. The third kappa shape index (κ3) is 2.34. The predicted octanol–water partition coefficient (Wildman–Crippen LogP) is 4.04. The first-order valence-electron chi connectivity index (χ1n) is 4.74. The van der Waals surface area contributed by atoms with E-state index in [1.165, 1.54) is 23.5 Å². The van der Waals surface area contributed by atoms with Gasteiger partial charge < -0.3 is 5.11 Å². The average molecular weight is 301 g/mol. The predicted molar refractivity (Wildman–Crippen MR) is 67.2 cm³/mol. The van der Waals surface area contributed by atoms with Gasteiger partial charge in [0.2, 0.25) is 0 Å². The Labute approximate surface area is 106 Å². The van der Waals surface area contributed by atoms with E-state index in [1.807, 2.05) is 17.7 Å². The lowest BCUT2D eigenvalue weighted by molar-refractivity contribution is 0.219. The fourth-order valence-corrected chi connectivity index (χ4v) is 3.12. The molecule has 0 saturated carbocycles. The smallest absolute Gasteiger partial charge is 0.123 e. The molecule has 0 aliphatic carbocycles. The Morgan fingerprint density at radius 2 is 2.06 bits per heavy atom. The van der Waals surface area contributed by atoms with Crippen molar-refractivity contribution in [3.8, 4) is 0 Å². The minimum absolute atomic E-state index is 0.319. The maximum Gasteiger partial charge on any atom is 0.123 e. The van der Waals surface area contributed by atoms with Gasteiger partial charge in [-0.25, -0.2) is 4.39 Å². The van der Waals surface area contributed by atoms with Gasteiger partial charge in [0.1, 0.15) is 11.9 Å². The molecule has 1 heterocycles. The van der Waals surface area contributed by atoms with Crippen LogP contribution in [0.5, 0.6) is 0 Å². The monoisotopic (exact) mass is 300 g/mol. The molecule has 1 aromatic carbocycles. The summed E-state index contributed by atoms with van der Waals surface area (Å²) in [7, 11) is 0. The van der Waals surface area contributed by atoms with Crippen LogP contribution in [0.4, 0.5) is 4.39 Å². The SMILES string of the molecule is Cc1cc(F)cc(C(O)c2cscc2Br)c1. The lowest BCUT2D eigenvalue weighted by Crippen LogP contribution is -2.00. The van der Waals surface area contributed by atoms with Gasteiger partial charge in [0, 0.05) is 15.4 Å². The fourth-order valence-electron chi connectivity index (χ4n) is 1.59. The van der Waals surface area contributed by atoms with Gasteiger partial charge in [-0.3, -0.25) is 0 Å². The summed E-state index contributed by atoms with van der Waals surface area (Å²) in [6, 6.07) is 4.60. The fraction of sp³-hybridized carbons (Fsp3) is 0.167. The van der Waals surface area contributed by atoms with Gasteiger partial charge in [-0.15, -0.1) is 0 Å². The minimum Gasteiger partial charge on any atom is -0.384 e. The highest BCUT2D eigenvalue weighted by Gasteiger charge is 2.15. The van der Waals surface area contributed by atoms with E-state index in [-0.39, 0.29) is 5.82 Å². The van der Waals surface area contributed by atoms with Crippen LogP contribution in [0, 0.1) is 12.7 Å². The molecule has 0 spiro atoms. The summed E-state index contributed by atoms with van der Waals surface area (Å²) in [6.07, 6.45) is -0.782. The van der Waals surface area contributed by atoms with Crippen molar-refractivity contribution in [1.29, 1.82) is 0 Å². The van der Waals surface area contributed by atoms with Crippen LogP contribution in [0.25, 0.3) is 0 Å². The summed E-state index contributed by atoms with van der Waals surface area (Å²) in [5, 5.41) is 13.9. The normalized spacial score (nSPS) is 12.8. The topological polar surface area (TPSA) is 20.2 Å². The van der Waals surface area contributed by atoms with Crippen molar-refractivity contribution >= 4 is 27.3 Å². The molecule has 1 nitrogen and oxygen atoms in total. The Balaban J connectivity index is 2.41. The van der Waals surface area contributed by atoms with Crippen molar-refractivity contribution < 1.29 is 9.50 Å². The van der Waals surface area contributed by atoms with E-state index in [4.69, 9.17) is 0 Å². The van der Waals surface area contributed by atoms with Crippen molar-refractivity contribution in [2.75, 3.05) is 0 Å². The van der Waals surface area contributed by atoms with Crippen LogP contribution >= 0.6 is 27.3 Å². The van der Waals surface area contributed by atoms with Gasteiger partial charge in [-0.05, 0) is 51.5 Å². The molecule has 0 bridgehead atoms. The van der Waals surface area contributed by atoms with Crippen LogP contribution in [0.1, 0.15) is 22.8 Å². The number of aryl methyl sites for hydroxylation is 1. The van der Waals surface area contributed by atoms with Gasteiger partial charge in [0.25, 0.3) is 0 Å². The molecule has 0 saturated heterocycles. The standard InChI is InChI=1S/C12H10BrFOS/c1-7-2-8(4-9(14)3-7)12(15)10-5-16-6-11(10)13/h2-6,12,15H,1H3. The van der Waals surface area contributed by atoms with Crippen molar-refractivity contribution in [2.24, 2.45) is 0 Å². The number of aliphatic hydroxyl groups is 1. The molecule has 1 aromatic heterocycles. The molecule has 2 rings (SSSR count). The second kappa shape index (κ2) is 4.65. The van der Waals surface area contributed by atoms with Crippen LogP contribution in [0.2, 0.25) is 0 Å². The highest BCUT2D eigenvalue weighted by Crippen LogP contribution is 2.31. The van der Waals surface area contributed by atoms with Crippen molar-refractivity contribution in [3.63, 3.8) is 0 Å². The molecule has 1 N–H and O–H groups in total. The largest absolute Gasteiger partial charge is 0.384 e. The quantitative estimate of drug-likeness (QED) is 0.887. The van der Waals surface area contributed by atoms with Gasteiger partial charge in [-0.2, -0.15) is 11.3 Å². The Hall–Kier alpha value is -0.710. The van der Waals surface area contributed by atoms with Crippen molar-refractivity contribution in [2.45, 2.75) is 13.0 Å². The number of hydrogen-bond acceptors (Lipinski definition) is 2. The Morgan fingerprint density at radius 1 is 1.31 bits per heavy atom. The third-order valence-corrected chi connectivity index (χ3v) is 4.07. The lowest BCUT2D eigenvalue weighted by Gasteiger charge is -2.11. The number of aliphatic hydroxyl groups excluding tert-OH is 1. The number of benzene rings is 1. The molecule has 1 unspecified atom stereocenters. The zero-order chi connectivity index (χ0) is 11.7. The van der Waals surface area contributed by atoms with E-state index in [9.17, 15) is 9.50 Å². The minimum atomic E-state index is -0.782. The molecular weight excluding hydrogens is 291 g/mol. The summed E-state index contributed by atoms with van der Waals surface area (Å²) >= 11 is 4.85. The van der Waals surface area contributed by atoms with Crippen molar-refractivity contribution in [3.05, 3.63) is 55.9 Å². The van der Waals surface area contributed by atoms with Crippen molar-refractivity contribution in [1.82, 2.24) is 0 Å². The zero-order valence-corrected chi connectivity index (χ0v) is 11.0. The molecule has 0 fully saturated rings. The molecule has 16 heavy (non-hydrogen) atoms. The Kier molecular flexibility index (Phi) is 3.42. The average Bonchev–Trinajstić information content (AvgIpc) is 2.62. The second-order valence-electron chi connectivity index (χ2n) is 3.64. The van der Waals surface area contributed by atoms with Gasteiger partial charge in [0.05, 0.1) is 0 Å². The van der Waals surface area contributed by atoms with E-state index in [0.29, 0.717) is 5.56 Å². The van der Waals surface area contributed by atoms with E-state index in [0.717, 1.165) is 15.6 Å². The molecule has 0 aliphatic heterocycles. The first kappa shape index (κ1) is 11.8. The van der Waals surface area contributed by atoms with Gasteiger partial charge in [0.15, 0.2) is 0 Å². The van der Waals surface area contributed by atoms with Gasteiger partial charge in [-0.1, -0.05) is 6.07 Å². The third-order valence-electron chi connectivity index (χ3n) is 2.32. The van der Waals surface area contributed by atoms with Crippen LogP contribution < -0.4 is 0 Å². The first-order chi connectivity index (χ1) is 7.58. The van der Waals surface area contributed by atoms with E-state index < -0.39 is 6.10 Å². The van der Waals surface area contributed by atoms with Crippen LogP contribution in [-0.2, 0) is 0 Å². The number of rotatable bonds is 2. The van der Waals surface area contributed by atoms with E-state index >= 15 is 0 Å². The molecule has 84 valence electrons. The summed E-state index contributed by atoms with van der Waals surface area (Å²) in [6.45, 7) is 1.81.